The van der Waals surface area contributed by atoms with Crippen molar-refractivity contribution in [1.29, 1.82) is 0 Å². The highest BCUT2D eigenvalue weighted by Crippen LogP contribution is 2.20. The molecule has 0 aliphatic heterocycles. The second-order valence-electron chi connectivity index (χ2n) is 7.10. The normalized spacial score (nSPS) is 10.8. The van der Waals surface area contributed by atoms with Crippen molar-refractivity contribution in [2.45, 2.75) is 19.0 Å². The second kappa shape index (κ2) is 9.06. The zero-order chi connectivity index (χ0) is 22.7. The molecule has 0 spiro atoms. The summed E-state index contributed by atoms with van der Waals surface area (Å²) in [4.78, 5) is 43.3. The number of rotatable bonds is 6. The molecule has 0 fully saturated rings. The maximum Gasteiger partial charge on any atom is 0.262 e. The number of aryl methyl sites for hydroxylation is 1. The van der Waals surface area contributed by atoms with Gasteiger partial charge in [-0.2, -0.15) is 5.10 Å². The Labute approximate surface area is 187 Å². The highest BCUT2D eigenvalue weighted by atomic mass is 32.2. The van der Waals surface area contributed by atoms with Gasteiger partial charge in [-0.15, -0.1) is 0 Å². The molecule has 0 radical (unpaired) electrons. The number of aromatic amines is 1. The number of thioether (sulfide) groups is 1. The molecule has 0 saturated carbocycles. The van der Waals surface area contributed by atoms with Gasteiger partial charge < -0.3 is 15.6 Å². The van der Waals surface area contributed by atoms with E-state index < -0.39 is 0 Å². The molecule has 3 N–H and O–H groups in total. The lowest BCUT2D eigenvalue weighted by molar-refractivity contribution is -0.114. The molecule has 162 valence electrons. The molecule has 10 heteroatoms. The average molecular weight is 449 g/mol. The van der Waals surface area contributed by atoms with Crippen LogP contribution in [0.1, 0.15) is 12.5 Å². The van der Waals surface area contributed by atoms with Crippen molar-refractivity contribution in [3.05, 3.63) is 70.6 Å². The van der Waals surface area contributed by atoms with Crippen LogP contribution >= 0.6 is 11.8 Å². The third-order valence-electron chi connectivity index (χ3n) is 4.47. The first kappa shape index (κ1) is 21.3. The fourth-order valence-corrected chi connectivity index (χ4v) is 3.78. The van der Waals surface area contributed by atoms with Gasteiger partial charge >= 0.3 is 0 Å². The van der Waals surface area contributed by atoms with Crippen LogP contribution in [0.3, 0.4) is 0 Å². The van der Waals surface area contributed by atoms with Gasteiger partial charge in [-0.3, -0.25) is 14.4 Å². The molecule has 0 aliphatic rings. The quantitative estimate of drug-likeness (QED) is 0.308. The number of hydrogen-bond acceptors (Lipinski definition) is 6. The predicted molar refractivity (Wildman–Crippen MR) is 124 cm³/mol. The smallest absolute Gasteiger partial charge is 0.262 e. The van der Waals surface area contributed by atoms with Crippen molar-refractivity contribution in [3.8, 4) is 5.69 Å². The van der Waals surface area contributed by atoms with Crippen molar-refractivity contribution in [2.75, 3.05) is 16.4 Å². The van der Waals surface area contributed by atoms with Crippen molar-refractivity contribution >= 4 is 46.0 Å². The Bertz CT molecular complexity index is 1380. The number of H-pyrrole nitrogens is 1. The van der Waals surface area contributed by atoms with Crippen LogP contribution in [0, 0.1) is 6.92 Å². The Kier molecular flexibility index (Phi) is 6.04. The van der Waals surface area contributed by atoms with Gasteiger partial charge in [0, 0.05) is 18.3 Å². The first-order valence-electron chi connectivity index (χ1n) is 9.74. The zero-order valence-electron chi connectivity index (χ0n) is 17.4. The minimum absolute atomic E-state index is 0.0391. The van der Waals surface area contributed by atoms with E-state index in [9.17, 15) is 14.4 Å². The van der Waals surface area contributed by atoms with Gasteiger partial charge in [0.15, 0.2) is 10.8 Å². The summed E-state index contributed by atoms with van der Waals surface area (Å²) in [6.45, 7) is 3.39. The molecule has 0 aliphatic carbocycles. The van der Waals surface area contributed by atoms with E-state index in [-0.39, 0.29) is 23.1 Å². The summed E-state index contributed by atoms with van der Waals surface area (Å²) >= 11 is 1.11. The molecule has 2 aromatic carbocycles. The molecule has 0 atom stereocenters. The van der Waals surface area contributed by atoms with Gasteiger partial charge in [0.1, 0.15) is 5.39 Å². The van der Waals surface area contributed by atoms with Crippen molar-refractivity contribution in [1.82, 2.24) is 19.7 Å². The zero-order valence-corrected chi connectivity index (χ0v) is 18.2. The summed E-state index contributed by atoms with van der Waals surface area (Å²) in [6.07, 6.45) is 1.48. The molecule has 0 bridgehead atoms. The highest BCUT2D eigenvalue weighted by Gasteiger charge is 2.13. The number of hydrogen-bond donors (Lipinski definition) is 3. The summed E-state index contributed by atoms with van der Waals surface area (Å²) in [6, 6.07) is 14.6. The highest BCUT2D eigenvalue weighted by molar-refractivity contribution is 7.99. The summed E-state index contributed by atoms with van der Waals surface area (Å²) in [5, 5.41) is 10.4. The summed E-state index contributed by atoms with van der Waals surface area (Å²) in [7, 11) is 0. The number of benzene rings is 2. The lowest BCUT2D eigenvalue weighted by Gasteiger charge is -2.08. The Morgan fingerprint density at radius 2 is 1.84 bits per heavy atom. The molecule has 0 saturated heterocycles. The van der Waals surface area contributed by atoms with Gasteiger partial charge in [0.05, 0.1) is 17.6 Å². The predicted octanol–water partition coefficient (Wildman–Crippen LogP) is 3.11. The molecule has 4 rings (SSSR count). The van der Waals surface area contributed by atoms with Crippen LogP contribution < -0.4 is 16.2 Å². The number of amides is 2. The number of carbonyl (C=O) groups is 2. The third-order valence-corrected chi connectivity index (χ3v) is 5.34. The molecule has 2 aromatic heterocycles. The van der Waals surface area contributed by atoms with Crippen LogP contribution in [0.4, 0.5) is 11.4 Å². The number of fused-ring (bicyclic) bond motifs is 1. The van der Waals surface area contributed by atoms with Crippen molar-refractivity contribution in [3.63, 3.8) is 0 Å². The van der Waals surface area contributed by atoms with E-state index >= 15 is 0 Å². The minimum Gasteiger partial charge on any atom is -0.326 e. The van der Waals surface area contributed by atoms with Crippen molar-refractivity contribution < 1.29 is 9.59 Å². The first-order chi connectivity index (χ1) is 15.4. The minimum atomic E-state index is -0.320. The molecular formula is C22H20N6O3S. The largest absolute Gasteiger partial charge is 0.326 e. The molecule has 4 aromatic rings. The second-order valence-corrected chi connectivity index (χ2v) is 8.07. The Balaban J connectivity index is 1.50. The maximum absolute atomic E-state index is 12.5. The Hall–Kier alpha value is -3.92. The van der Waals surface area contributed by atoms with Crippen LogP contribution in [0.15, 0.2) is 64.7 Å². The summed E-state index contributed by atoms with van der Waals surface area (Å²) in [5.74, 6) is -0.429. The fourth-order valence-electron chi connectivity index (χ4n) is 3.12. The van der Waals surface area contributed by atoms with E-state index in [1.54, 1.807) is 28.9 Å². The summed E-state index contributed by atoms with van der Waals surface area (Å²) in [5.41, 5.74) is 3.10. The van der Waals surface area contributed by atoms with Gasteiger partial charge in [-0.1, -0.05) is 30.0 Å². The van der Waals surface area contributed by atoms with Crippen LogP contribution in [0.25, 0.3) is 16.7 Å². The molecule has 2 amide bonds. The van der Waals surface area contributed by atoms with Crippen LogP contribution in [-0.4, -0.2) is 37.3 Å². The number of carbonyl (C=O) groups excluding carboxylic acids is 2. The maximum atomic E-state index is 12.5. The first-order valence-corrected chi connectivity index (χ1v) is 10.7. The molecular weight excluding hydrogens is 428 g/mol. The monoisotopic (exact) mass is 448 g/mol. The van der Waals surface area contributed by atoms with E-state index in [1.807, 2.05) is 31.2 Å². The SMILES string of the molecule is CC(=O)Nc1cccc(NC(=O)CSc2nc3c(cnn3-c3cccc(C)c3)c(=O)[nH]2)c1. The van der Waals surface area contributed by atoms with E-state index in [0.29, 0.717) is 27.6 Å². The third kappa shape index (κ3) is 4.86. The van der Waals surface area contributed by atoms with E-state index in [0.717, 1.165) is 23.0 Å². The van der Waals surface area contributed by atoms with Gasteiger partial charge in [0.25, 0.3) is 5.56 Å². The lowest BCUT2D eigenvalue weighted by atomic mass is 10.2. The van der Waals surface area contributed by atoms with Crippen LogP contribution in [0.5, 0.6) is 0 Å². The average Bonchev–Trinajstić information content (AvgIpc) is 3.17. The van der Waals surface area contributed by atoms with Gasteiger partial charge in [-0.25, -0.2) is 9.67 Å². The fraction of sp³-hybridized carbons (Fsp3) is 0.136. The van der Waals surface area contributed by atoms with E-state index in [1.165, 1.54) is 13.1 Å². The van der Waals surface area contributed by atoms with E-state index in [2.05, 4.69) is 25.7 Å². The van der Waals surface area contributed by atoms with Crippen LogP contribution in [0.2, 0.25) is 0 Å². The van der Waals surface area contributed by atoms with Gasteiger partial charge in [-0.05, 0) is 42.8 Å². The lowest BCUT2D eigenvalue weighted by Crippen LogP contribution is -2.16. The molecule has 0 unspecified atom stereocenters. The molecule has 9 nitrogen and oxygen atoms in total. The molecule has 32 heavy (non-hydrogen) atoms. The standard InChI is InChI=1S/C22H20N6O3S/c1-13-5-3-8-17(9-13)28-20-18(11-23-28)21(31)27-22(26-20)32-12-19(30)25-16-7-4-6-15(10-16)24-14(2)29/h3-11H,12H2,1-2H3,(H,24,29)(H,25,30)(H,26,27,31). The topological polar surface area (TPSA) is 122 Å². The number of nitrogens with zero attached hydrogens (tertiary/aromatic N) is 3. The number of aromatic nitrogens is 4. The van der Waals surface area contributed by atoms with Crippen LogP contribution in [-0.2, 0) is 9.59 Å². The van der Waals surface area contributed by atoms with E-state index in [4.69, 9.17) is 0 Å². The number of anilines is 2. The Morgan fingerprint density at radius 3 is 2.59 bits per heavy atom. The molecule has 2 heterocycles. The summed E-state index contributed by atoms with van der Waals surface area (Å²) < 4.78 is 1.61. The number of nitrogens with one attached hydrogen (secondary N) is 3. The Morgan fingerprint density at radius 1 is 1.09 bits per heavy atom. The van der Waals surface area contributed by atoms with Crippen molar-refractivity contribution in [2.24, 2.45) is 0 Å². The van der Waals surface area contributed by atoms with Gasteiger partial charge in [0.2, 0.25) is 11.8 Å².